The number of likely N-dealkylation sites (tertiary alicyclic amines) is 1. The Hall–Kier alpha value is -3.25. The van der Waals surface area contributed by atoms with Gasteiger partial charge in [0, 0.05) is 43.7 Å². The number of imidazole rings is 1. The molecule has 50 heavy (non-hydrogen) atoms. The van der Waals surface area contributed by atoms with Gasteiger partial charge >= 0.3 is 5.97 Å². The van der Waals surface area contributed by atoms with Gasteiger partial charge in [-0.2, -0.15) is 0 Å². The number of morpholine rings is 1. The standard InChI is InChI=1S/C34H46N6O8S2/c1-3-46-34-27(21-32(42)48-34)37-50(43,44)30-11-10-25(36-31(41)22-39-12-6-7-13-39)20-29(30)47-24(2)33(49-19-16-38-14-17-45-18-15-38)40-23-35-26-8-4-5-9-28(26)40/h4-5,8-11,20,23-24,27,33-34,37H,3,6-7,12-19,21-22H2,1-2H3,(H,36,41)/t24-,27?,33?,34?/m1/s1. The average Bonchev–Trinajstić information content (AvgIpc) is 3.84. The highest BCUT2D eigenvalue weighted by Gasteiger charge is 2.39. The van der Waals surface area contributed by atoms with Crippen molar-refractivity contribution < 1.29 is 37.0 Å². The molecule has 14 nitrogen and oxygen atoms in total. The van der Waals surface area contributed by atoms with Crippen LogP contribution in [0.2, 0.25) is 0 Å². The molecule has 0 radical (unpaired) electrons. The second-order valence-corrected chi connectivity index (χ2v) is 15.5. The summed E-state index contributed by atoms with van der Waals surface area (Å²) in [5, 5.41) is 2.63. The molecule has 3 aliphatic heterocycles. The molecule has 2 aromatic carbocycles. The predicted molar refractivity (Wildman–Crippen MR) is 190 cm³/mol. The Bertz CT molecular complexity index is 1730. The zero-order chi connectivity index (χ0) is 35.1. The van der Waals surface area contributed by atoms with Gasteiger partial charge in [-0.15, -0.1) is 11.8 Å². The number of anilines is 1. The van der Waals surface area contributed by atoms with Crippen molar-refractivity contribution >= 4 is 50.4 Å². The lowest BCUT2D eigenvalue weighted by atomic mass is 10.2. The first-order valence-electron chi connectivity index (χ1n) is 17.2. The summed E-state index contributed by atoms with van der Waals surface area (Å²) >= 11 is 1.70. The van der Waals surface area contributed by atoms with E-state index in [9.17, 15) is 18.0 Å². The SMILES string of the molecule is CCOC1OC(=O)CC1NS(=O)(=O)c1ccc(NC(=O)CN2CCCC2)cc1O[C@H](C)C(SCCN1CCOCC1)n1cnc2ccccc21. The number of ether oxygens (including phenoxy) is 4. The van der Waals surface area contributed by atoms with Crippen LogP contribution in [0.4, 0.5) is 5.69 Å². The van der Waals surface area contributed by atoms with Crippen LogP contribution in [0.25, 0.3) is 11.0 Å². The Morgan fingerprint density at radius 2 is 1.88 bits per heavy atom. The molecule has 272 valence electrons. The van der Waals surface area contributed by atoms with Gasteiger partial charge in [0.25, 0.3) is 0 Å². The number of thioether (sulfide) groups is 1. The van der Waals surface area contributed by atoms with Gasteiger partial charge in [0.1, 0.15) is 22.1 Å². The van der Waals surface area contributed by atoms with Crippen LogP contribution in [0.15, 0.2) is 53.7 Å². The Kier molecular flexibility index (Phi) is 12.3. The van der Waals surface area contributed by atoms with Gasteiger partial charge in [0.2, 0.25) is 22.2 Å². The normalized spacial score (nSPS) is 21.7. The van der Waals surface area contributed by atoms with E-state index in [1.54, 1.807) is 37.1 Å². The zero-order valence-electron chi connectivity index (χ0n) is 28.5. The van der Waals surface area contributed by atoms with E-state index in [-0.39, 0.29) is 41.5 Å². The van der Waals surface area contributed by atoms with Gasteiger partial charge in [-0.1, -0.05) is 12.1 Å². The third-order valence-electron chi connectivity index (χ3n) is 8.95. The van der Waals surface area contributed by atoms with Gasteiger partial charge in [-0.25, -0.2) is 18.1 Å². The first-order chi connectivity index (χ1) is 24.2. The summed E-state index contributed by atoms with van der Waals surface area (Å²) in [6.07, 6.45) is 2.13. The molecular formula is C34H46N6O8S2. The molecule has 3 saturated heterocycles. The maximum absolute atomic E-state index is 14.0. The molecule has 0 bridgehead atoms. The van der Waals surface area contributed by atoms with Crippen LogP contribution in [0.1, 0.15) is 38.5 Å². The number of hydrogen-bond acceptors (Lipinski definition) is 12. The van der Waals surface area contributed by atoms with Gasteiger partial charge in [-0.3, -0.25) is 19.4 Å². The van der Waals surface area contributed by atoms with Crippen LogP contribution in [-0.4, -0.2) is 123 Å². The molecule has 0 aliphatic carbocycles. The number of benzene rings is 2. The third-order valence-corrected chi connectivity index (χ3v) is 11.9. The van der Waals surface area contributed by atoms with Crippen molar-refractivity contribution in [3.8, 4) is 5.75 Å². The predicted octanol–water partition coefficient (Wildman–Crippen LogP) is 3.06. The van der Waals surface area contributed by atoms with E-state index in [1.807, 2.05) is 31.2 Å². The molecule has 0 saturated carbocycles. The molecule has 2 N–H and O–H groups in total. The highest BCUT2D eigenvalue weighted by molar-refractivity contribution is 7.99. The minimum absolute atomic E-state index is 0.0605. The Morgan fingerprint density at radius 3 is 2.66 bits per heavy atom. The van der Waals surface area contributed by atoms with E-state index >= 15 is 0 Å². The van der Waals surface area contributed by atoms with Crippen molar-refractivity contribution in [3.63, 3.8) is 0 Å². The molecular weight excluding hydrogens is 685 g/mol. The molecule has 1 aromatic heterocycles. The summed E-state index contributed by atoms with van der Waals surface area (Å²) in [7, 11) is -4.26. The molecule has 3 fully saturated rings. The van der Waals surface area contributed by atoms with Crippen LogP contribution >= 0.6 is 11.8 Å². The van der Waals surface area contributed by atoms with Crippen LogP contribution in [0.3, 0.4) is 0 Å². The summed E-state index contributed by atoms with van der Waals surface area (Å²) in [4.78, 5) is 34.0. The molecule has 4 atom stereocenters. The molecule has 1 amide bonds. The largest absolute Gasteiger partial charge is 0.486 e. The first-order valence-corrected chi connectivity index (χ1v) is 19.7. The monoisotopic (exact) mass is 730 g/mol. The highest BCUT2D eigenvalue weighted by Crippen LogP contribution is 2.36. The van der Waals surface area contributed by atoms with E-state index in [1.165, 1.54) is 6.07 Å². The first kappa shape index (κ1) is 36.5. The van der Waals surface area contributed by atoms with Gasteiger partial charge < -0.3 is 28.8 Å². The van der Waals surface area contributed by atoms with Crippen LogP contribution in [0.5, 0.6) is 5.75 Å². The fourth-order valence-corrected chi connectivity index (χ4v) is 9.06. The third kappa shape index (κ3) is 9.15. The van der Waals surface area contributed by atoms with E-state index in [2.05, 4.69) is 29.4 Å². The lowest BCUT2D eigenvalue weighted by Crippen LogP contribution is -2.41. The Balaban J connectivity index is 1.28. The van der Waals surface area contributed by atoms with Crippen molar-refractivity contribution in [2.45, 2.75) is 61.8 Å². The maximum atomic E-state index is 14.0. The van der Waals surface area contributed by atoms with E-state index in [0.29, 0.717) is 18.9 Å². The molecule has 0 spiro atoms. The number of amides is 1. The number of aromatic nitrogens is 2. The number of cyclic esters (lactones) is 1. The van der Waals surface area contributed by atoms with Crippen molar-refractivity contribution in [3.05, 3.63) is 48.8 Å². The smallest absolute Gasteiger partial charge is 0.310 e. The van der Waals surface area contributed by atoms with Gasteiger partial charge in [0.15, 0.2) is 0 Å². The van der Waals surface area contributed by atoms with Gasteiger partial charge in [-0.05, 0) is 64.0 Å². The molecule has 6 rings (SSSR count). The fraction of sp³-hybridized carbons (Fsp3) is 0.559. The van der Waals surface area contributed by atoms with E-state index < -0.39 is 34.4 Å². The molecule has 16 heteroatoms. The molecule has 3 aromatic rings. The van der Waals surface area contributed by atoms with E-state index in [4.69, 9.17) is 18.9 Å². The van der Waals surface area contributed by atoms with Crippen LogP contribution < -0.4 is 14.8 Å². The topological polar surface area (TPSA) is 154 Å². The van der Waals surface area contributed by atoms with Crippen LogP contribution in [0, 0.1) is 0 Å². The Morgan fingerprint density at radius 1 is 1.10 bits per heavy atom. The van der Waals surface area contributed by atoms with Crippen LogP contribution in [-0.2, 0) is 33.8 Å². The van der Waals surface area contributed by atoms with Crippen molar-refractivity contribution in [1.29, 1.82) is 0 Å². The Labute approximate surface area is 297 Å². The molecule has 3 unspecified atom stereocenters. The fourth-order valence-electron chi connectivity index (χ4n) is 6.46. The zero-order valence-corrected chi connectivity index (χ0v) is 30.1. The van der Waals surface area contributed by atoms with Crippen molar-refractivity contribution in [1.82, 2.24) is 24.1 Å². The lowest BCUT2D eigenvalue weighted by Gasteiger charge is -2.30. The summed E-state index contributed by atoms with van der Waals surface area (Å²) in [5.74, 6) is 0.105. The number of carbonyl (C=O) groups excluding carboxylic acids is 2. The summed E-state index contributed by atoms with van der Waals surface area (Å²) < 4.78 is 55.5. The lowest BCUT2D eigenvalue weighted by molar-refractivity contribution is -0.163. The summed E-state index contributed by atoms with van der Waals surface area (Å²) in [5.41, 5.74) is 2.18. The number of nitrogens with zero attached hydrogens (tertiary/aromatic N) is 4. The highest BCUT2D eigenvalue weighted by atomic mass is 32.2. The number of rotatable bonds is 16. The molecule has 4 heterocycles. The number of carbonyl (C=O) groups is 2. The number of sulfonamides is 1. The van der Waals surface area contributed by atoms with Crippen molar-refractivity contribution in [2.24, 2.45) is 0 Å². The van der Waals surface area contributed by atoms with Gasteiger partial charge in [0.05, 0.1) is 49.6 Å². The average molecular weight is 731 g/mol. The second kappa shape index (κ2) is 16.8. The number of esters is 1. The summed E-state index contributed by atoms with van der Waals surface area (Å²) in [6, 6.07) is 11.4. The van der Waals surface area contributed by atoms with Crippen molar-refractivity contribution in [2.75, 3.05) is 70.2 Å². The second-order valence-electron chi connectivity index (χ2n) is 12.6. The number of hydrogen-bond donors (Lipinski definition) is 2. The minimum atomic E-state index is -4.26. The quantitative estimate of drug-likeness (QED) is 0.208. The summed E-state index contributed by atoms with van der Waals surface area (Å²) in [6.45, 7) is 9.88. The molecule has 3 aliphatic rings. The van der Waals surface area contributed by atoms with E-state index in [0.717, 1.165) is 62.4 Å². The number of nitrogens with one attached hydrogen (secondary N) is 2. The number of fused-ring (bicyclic) bond motifs is 1. The minimum Gasteiger partial charge on any atom is -0.486 e. The maximum Gasteiger partial charge on any atom is 0.310 e. The number of para-hydroxylation sites is 2.